The van der Waals surface area contributed by atoms with Gasteiger partial charge in [-0.1, -0.05) is 24.3 Å². The summed E-state index contributed by atoms with van der Waals surface area (Å²) >= 11 is 0. The summed E-state index contributed by atoms with van der Waals surface area (Å²) in [7, 11) is -2.38. The molecule has 4 heteroatoms. The monoisotopic (exact) mass is 212 g/mol. The molecule has 1 aromatic rings. The molecule has 0 bridgehead atoms. The molecule has 0 unspecified atom stereocenters. The van der Waals surface area contributed by atoms with Crippen molar-refractivity contribution >= 4 is 18.4 Å². The van der Waals surface area contributed by atoms with E-state index in [0.717, 1.165) is 0 Å². The largest absolute Gasteiger partial charge is 0.481 e. The lowest BCUT2D eigenvalue weighted by Gasteiger charge is -2.11. The second kappa shape index (κ2) is 3.97. The molecular weight excluding hydrogens is 199 g/mol. The molecule has 0 atom stereocenters. The molecule has 0 heterocycles. The van der Waals surface area contributed by atoms with Crippen LogP contribution >= 0.6 is 7.14 Å². The Kier molecular flexibility index (Phi) is 3.12. The van der Waals surface area contributed by atoms with Gasteiger partial charge in [0.15, 0.2) is 0 Å². The van der Waals surface area contributed by atoms with Crippen molar-refractivity contribution in [3.05, 3.63) is 29.8 Å². The summed E-state index contributed by atoms with van der Waals surface area (Å²) < 4.78 is 11.8. The Labute approximate surface area is 83.1 Å². The lowest BCUT2D eigenvalue weighted by atomic mass is 10.1. The minimum absolute atomic E-state index is 0.0676. The van der Waals surface area contributed by atoms with E-state index in [0.29, 0.717) is 10.9 Å². The van der Waals surface area contributed by atoms with Crippen LogP contribution in [0.4, 0.5) is 0 Å². The number of carboxylic acids is 1. The maximum absolute atomic E-state index is 11.8. The number of carbonyl (C=O) groups is 1. The van der Waals surface area contributed by atoms with Crippen LogP contribution in [0.2, 0.25) is 0 Å². The summed E-state index contributed by atoms with van der Waals surface area (Å²) in [5.41, 5.74) is 0.647. The first-order chi connectivity index (χ1) is 6.41. The fourth-order valence-electron chi connectivity index (χ4n) is 1.35. The highest BCUT2D eigenvalue weighted by molar-refractivity contribution is 7.70. The molecule has 1 N–H and O–H groups in total. The molecule has 0 radical (unpaired) electrons. The molecular formula is C10H13O3P. The molecule has 1 aromatic carbocycles. The first-order valence-electron chi connectivity index (χ1n) is 4.26. The first kappa shape index (κ1) is 11.0. The van der Waals surface area contributed by atoms with Crippen LogP contribution in [0.1, 0.15) is 5.56 Å². The van der Waals surface area contributed by atoms with Gasteiger partial charge >= 0.3 is 5.97 Å². The molecule has 0 spiro atoms. The van der Waals surface area contributed by atoms with Crippen molar-refractivity contribution in [3.63, 3.8) is 0 Å². The lowest BCUT2D eigenvalue weighted by Crippen LogP contribution is -2.13. The van der Waals surface area contributed by atoms with Crippen LogP contribution in [0.25, 0.3) is 0 Å². The summed E-state index contributed by atoms with van der Waals surface area (Å²) in [4.78, 5) is 10.6. The average molecular weight is 212 g/mol. The van der Waals surface area contributed by atoms with E-state index in [4.69, 9.17) is 5.11 Å². The summed E-state index contributed by atoms with van der Waals surface area (Å²) in [5, 5.41) is 9.34. The van der Waals surface area contributed by atoms with Crippen molar-refractivity contribution < 1.29 is 14.5 Å². The van der Waals surface area contributed by atoms with E-state index in [1.807, 2.05) is 0 Å². The van der Waals surface area contributed by atoms with E-state index in [-0.39, 0.29) is 6.42 Å². The maximum atomic E-state index is 11.8. The van der Waals surface area contributed by atoms with Crippen molar-refractivity contribution in [1.82, 2.24) is 0 Å². The van der Waals surface area contributed by atoms with Crippen LogP contribution in [-0.4, -0.2) is 24.4 Å². The van der Waals surface area contributed by atoms with Crippen molar-refractivity contribution in [2.24, 2.45) is 0 Å². The van der Waals surface area contributed by atoms with E-state index >= 15 is 0 Å². The van der Waals surface area contributed by atoms with Gasteiger partial charge in [-0.25, -0.2) is 0 Å². The molecule has 0 saturated carbocycles. The second-order valence-corrected chi connectivity index (χ2v) is 6.73. The zero-order valence-electron chi connectivity index (χ0n) is 8.23. The van der Waals surface area contributed by atoms with Crippen molar-refractivity contribution in [2.45, 2.75) is 6.42 Å². The van der Waals surface area contributed by atoms with Gasteiger partial charge in [0.2, 0.25) is 0 Å². The molecule has 76 valence electrons. The Balaban J connectivity index is 3.16. The third kappa shape index (κ3) is 2.71. The van der Waals surface area contributed by atoms with Gasteiger partial charge in [0, 0.05) is 5.30 Å². The van der Waals surface area contributed by atoms with Gasteiger partial charge < -0.3 is 9.67 Å². The average Bonchev–Trinajstić information content (AvgIpc) is 2.01. The van der Waals surface area contributed by atoms with E-state index in [1.54, 1.807) is 37.6 Å². The van der Waals surface area contributed by atoms with Gasteiger partial charge in [0.25, 0.3) is 0 Å². The number of hydrogen-bond acceptors (Lipinski definition) is 2. The third-order valence-corrected chi connectivity index (χ3v) is 3.51. The van der Waals surface area contributed by atoms with Crippen LogP contribution in [0.15, 0.2) is 24.3 Å². The van der Waals surface area contributed by atoms with E-state index in [1.165, 1.54) is 0 Å². The van der Waals surface area contributed by atoms with Gasteiger partial charge in [-0.15, -0.1) is 0 Å². The lowest BCUT2D eigenvalue weighted by molar-refractivity contribution is -0.136. The van der Waals surface area contributed by atoms with Crippen LogP contribution in [0.3, 0.4) is 0 Å². The third-order valence-electron chi connectivity index (χ3n) is 1.91. The predicted octanol–water partition coefficient (Wildman–Crippen LogP) is 1.56. The van der Waals surface area contributed by atoms with Crippen LogP contribution in [0, 0.1) is 0 Å². The predicted molar refractivity (Wildman–Crippen MR) is 56.9 cm³/mol. The number of benzene rings is 1. The van der Waals surface area contributed by atoms with Gasteiger partial charge in [0.1, 0.15) is 7.14 Å². The van der Waals surface area contributed by atoms with Crippen LogP contribution in [-0.2, 0) is 15.8 Å². The SMILES string of the molecule is CP(C)(=O)c1ccccc1CC(=O)O. The minimum Gasteiger partial charge on any atom is -0.481 e. The molecule has 0 aromatic heterocycles. The molecule has 0 aliphatic heterocycles. The Hall–Kier alpha value is -1.08. The zero-order chi connectivity index (χ0) is 10.8. The quantitative estimate of drug-likeness (QED) is 0.773. The van der Waals surface area contributed by atoms with Gasteiger partial charge in [-0.2, -0.15) is 0 Å². The highest BCUT2D eigenvalue weighted by Gasteiger charge is 2.16. The maximum Gasteiger partial charge on any atom is 0.307 e. The fourth-order valence-corrected chi connectivity index (χ4v) is 2.64. The highest BCUT2D eigenvalue weighted by Crippen LogP contribution is 2.35. The Morgan fingerprint density at radius 3 is 2.43 bits per heavy atom. The summed E-state index contributed by atoms with van der Waals surface area (Å²) in [6.07, 6.45) is -0.0676. The highest BCUT2D eigenvalue weighted by atomic mass is 31.2. The Morgan fingerprint density at radius 1 is 1.36 bits per heavy atom. The fraction of sp³-hybridized carbons (Fsp3) is 0.300. The zero-order valence-corrected chi connectivity index (χ0v) is 9.12. The van der Waals surface area contributed by atoms with E-state index < -0.39 is 13.1 Å². The standard InChI is InChI=1S/C10H13O3P/c1-14(2,13)9-6-4-3-5-8(9)7-10(11)12/h3-6H,7H2,1-2H3,(H,11,12). The van der Waals surface area contributed by atoms with Crippen molar-refractivity contribution in [3.8, 4) is 0 Å². The van der Waals surface area contributed by atoms with E-state index in [2.05, 4.69) is 0 Å². The minimum atomic E-state index is -2.38. The molecule has 3 nitrogen and oxygen atoms in total. The number of rotatable bonds is 3. The normalized spacial score (nSPS) is 11.3. The van der Waals surface area contributed by atoms with Gasteiger partial charge in [-0.3, -0.25) is 4.79 Å². The summed E-state index contributed by atoms with van der Waals surface area (Å²) in [6.45, 7) is 3.29. The smallest absolute Gasteiger partial charge is 0.307 e. The van der Waals surface area contributed by atoms with Crippen molar-refractivity contribution in [2.75, 3.05) is 13.3 Å². The number of aliphatic carboxylic acids is 1. The van der Waals surface area contributed by atoms with Crippen molar-refractivity contribution in [1.29, 1.82) is 0 Å². The topological polar surface area (TPSA) is 54.4 Å². The van der Waals surface area contributed by atoms with Gasteiger partial charge in [0.05, 0.1) is 6.42 Å². The molecule has 0 aliphatic rings. The van der Waals surface area contributed by atoms with Gasteiger partial charge in [-0.05, 0) is 18.9 Å². The second-order valence-electron chi connectivity index (χ2n) is 3.55. The Morgan fingerprint density at radius 2 is 1.93 bits per heavy atom. The molecule has 14 heavy (non-hydrogen) atoms. The molecule has 0 saturated heterocycles. The van der Waals surface area contributed by atoms with Crippen LogP contribution < -0.4 is 5.30 Å². The molecule has 0 amide bonds. The molecule has 0 aliphatic carbocycles. The Bertz CT molecular complexity index is 392. The molecule has 0 fully saturated rings. The number of hydrogen-bond donors (Lipinski definition) is 1. The molecule has 1 rings (SSSR count). The first-order valence-corrected chi connectivity index (χ1v) is 6.86. The summed E-state index contributed by atoms with van der Waals surface area (Å²) in [6, 6.07) is 6.99. The summed E-state index contributed by atoms with van der Waals surface area (Å²) in [5.74, 6) is -0.897. The van der Waals surface area contributed by atoms with E-state index in [9.17, 15) is 9.36 Å². The number of carboxylic acid groups (broad SMARTS) is 1. The van der Waals surface area contributed by atoms with Crippen LogP contribution in [0.5, 0.6) is 0 Å².